The second-order valence-electron chi connectivity index (χ2n) is 5.62. The summed E-state index contributed by atoms with van der Waals surface area (Å²) in [6.07, 6.45) is 0.744. The SMILES string of the molecule is CC1(C)CCN(S(=O)(=O)c2cc(Br)ccc2[N+](=O)[O-])C1. The van der Waals surface area contributed by atoms with Crippen molar-refractivity contribution in [3.05, 3.63) is 32.8 Å². The molecule has 0 bridgehead atoms. The Bertz CT molecular complexity index is 657. The van der Waals surface area contributed by atoms with E-state index in [1.807, 2.05) is 13.8 Å². The predicted molar refractivity (Wildman–Crippen MR) is 78.0 cm³/mol. The topological polar surface area (TPSA) is 80.5 Å². The molecular weight excluding hydrogens is 348 g/mol. The summed E-state index contributed by atoms with van der Waals surface area (Å²) < 4.78 is 27.0. The van der Waals surface area contributed by atoms with Crippen molar-refractivity contribution in [3.8, 4) is 0 Å². The van der Waals surface area contributed by atoms with Gasteiger partial charge < -0.3 is 0 Å². The Morgan fingerprint density at radius 1 is 1.40 bits per heavy atom. The molecule has 0 atom stereocenters. The maximum atomic E-state index is 12.6. The van der Waals surface area contributed by atoms with Crippen LogP contribution in [0.5, 0.6) is 0 Å². The minimum Gasteiger partial charge on any atom is -0.258 e. The highest BCUT2D eigenvalue weighted by Crippen LogP contribution is 2.36. The summed E-state index contributed by atoms with van der Waals surface area (Å²) in [6, 6.07) is 3.96. The molecule has 0 unspecified atom stereocenters. The van der Waals surface area contributed by atoms with Gasteiger partial charge in [0.15, 0.2) is 4.90 Å². The van der Waals surface area contributed by atoms with Crippen LogP contribution in [0.25, 0.3) is 0 Å². The molecule has 20 heavy (non-hydrogen) atoms. The Morgan fingerprint density at radius 2 is 2.05 bits per heavy atom. The molecule has 0 saturated carbocycles. The van der Waals surface area contributed by atoms with Crippen molar-refractivity contribution in [2.24, 2.45) is 5.41 Å². The molecular formula is C12H15BrN2O4S. The molecule has 0 spiro atoms. The molecule has 6 nitrogen and oxygen atoms in total. The predicted octanol–water partition coefficient (Wildman–Crippen LogP) is 2.78. The van der Waals surface area contributed by atoms with Gasteiger partial charge in [0.1, 0.15) is 0 Å². The van der Waals surface area contributed by atoms with E-state index in [9.17, 15) is 18.5 Å². The zero-order chi connectivity index (χ0) is 15.1. The van der Waals surface area contributed by atoms with Crippen LogP contribution in [0.1, 0.15) is 20.3 Å². The van der Waals surface area contributed by atoms with E-state index < -0.39 is 20.6 Å². The third-order valence-electron chi connectivity index (χ3n) is 3.38. The largest absolute Gasteiger partial charge is 0.289 e. The smallest absolute Gasteiger partial charge is 0.258 e. The Kier molecular flexibility index (Phi) is 3.92. The highest BCUT2D eigenvalue weighted by Gasteiger charge is 2.39. The summed E-state index contributed by atoms with van der Waals surface area (Å²) >= 11 is 3.16. The van der Waals surface area contributed by atoms with Crippen molar-refractivity contribution >= 4 is 31.6 Å². The molecule has 8 heteroatoms. The number of hydrogen-bond donors (Lipinski definition) is 0. The average molecular weight is 363 g/mol. The van der Waals surface area contributed by atoms with Gasteiger partial charge in [0.05, 0.1) is 4.92 Å². The molecule has 1 fully saturated rings. The third kappa shape index (κ3) is 2.87. The molecule has 1 aromatic carbocycles. The first-order chi connectivity index (χ1) is 9.13. The molecule has 110 valence electrons. The van der Waals surface area contributed by atoms with Gasteiger partial charge in [-0.1, -0.05) is 29.8 Å². The zero-order valence-corrected chi connectivity index (χ0v) is 13.6. The molecule has 0 aromatic heterocycles. The number of rotatable bonds is 3. The molecule has 1 aliphatic rings. The zero-order valence-electron chi connectivity index (χ0n) is 11.2. The number of halogens is 1. The summed E-state index contributed by atoms with van der Waals surface area (Å²) in [5.74, 6) is 0. The second kappa shape index (κ2) is 5.09. The van der Waals surface area contributed by atoms with Gasteiger partial charge in [0.2, 0.25) is 10.0 Å². The third-order valence-corrected chi connectivity index (χ3v) is 5.75. The fourth-order valence-electron chi connectivity index (χ4n) is 2.25. The standard InChI is InChI=1S/C12H15BrN2O4S/c1-12(2)5-6-14(8-12)20(18,19)11-7-9(13)3-4-10(11)15(16)17/h3-4,7H,5-6,8H2,1-2H3. The van der Waals surface area contributed by atoms with E-state index in [2.05, 4.69) is 15.9 Å². The number of nitro groups is 1. The van der Waals surface area contributed by atoms with Gasteiger partial charge in [0.25, 0.3) is 5.69 Å². The van der Waals surface area contributed by atoms with Crippen molar-refractivity contribution in [3.63, 3.8) is 0 Å². The molecule has 0 aliphatic carbocycles. The molecule has 1 saturated heterocycles. The first-order valence-corrected chi connectivity index (χ1v) is 8.31. The lowest BCUT2D eigenvalue weighted by molar-refractivity contribution is -0.387. The van der Waals surface area contributed by atoms with Crippen LogP contribution in [-0.2, 0) is 10.0 Å². The Balaban J connectivity index is 2.50. The van der Waals surface area contributed by atoms with Gasteiger partial charge in [-0.15, -0.1) is 0 Å². The summed E-state index contributed by atoms with van der Waals surface area (Å²) in [5, 5.41) is 11.0. The van der Waals surface area contributed by atoms with Crippen molar-refractivity contribution < 1.29 is 13.3 Å². The highest BCUT2D eigenvalue weighted by molar-refractivity contribution is 9.10. The maximum Gasteiger partial charge on any atom is 0.289 e. The second-order valence-corrected chi connectivity index (χ2v) is 8.44. The number of sulfonamides is 1. The Labute approximate surface area is 126 Å². The number of nitrogens with zero attached hydrogens (tertiary/aromatic N) is 2. The lowest BCUT2D eigenvalue weighted by Crippen LogP contribution is -2.30. The van der Waals surface area contributed by atoms with Gasteiger partial charge >= 0.3 is 0 Å². The molecule has 2 rings (SSSR count). The normalized spacial score (nSPS) is 19.1. The van der Waals surface area contributed by atoms with Crippen LogP contribution in [0, 0.1) is 15.5 Å². The Hall–Kier alpha value is -0.990. The van der Waals surface area contributed by atoms with Crippen LogP contribution in [0.2, 0.25) is 0 Å². The summed E-state index contributed by atoms with van der Waals surface area (Å²) in [4.78, 5) is 10.1. The lowest BCUT2D eigenvalue weighted by Gasteiger charge is -2.19. The van der Waals surface area contributed by atoms with E-state index in [-0.39, 0.29) is 10.3 Å². The van der Waals surface area contributed by atoms with Crippen LogP contribution < -0.4 is 0 Å². The molecule has 1 aliphatic heterocycles. The van der Waals surface area contributed by atoms with Gasteiger partial charge in [-0.3, -0.25) is 10.1 Å². The van der Waals surface area contributed by atoms with E-state index in [1.165, 1.54) is 22.5 Å². The van der Waals surface area contributed by atoms with Crippen LogP contribution in [0.15, 0.2) is 27.6 Å². The fourth-order valence-corrected chi connectivity index (χ4v) is 4.58. The van der Waals surface area contributed by atoms with Crippen molar-refractivity contribution in [2.75, 3.05) is 13.1 Å². The van der Waals surface area contributed by atoms with Crippen molar-refractivity contribution in [1.29, 1.82) is 0 Å². The van der Waals surface area contributed by atoms with E-state index in [1.54, 1.807) is 0 Å². The minimum atomic E-state index is -3.85. The van der Waals surface area contributed by atoms with Crippen molar-refractivity contribution in [2.45, 2.75) is 25.2 Å². The number of hydrogen-bond acceptors (Lipinski definition) is 4. The van der Waals surface area contributed by atoms with Crippen LogP contribution in [0.4, 0.5) is 5.69 Å². The van der Waals surface area contributed by atoms with Crippen LogP contribution in [-0.4, -0.2) is 30.7 Å². The van der Waals surface area contributed by atoms with E-state index in [4.69, 9.17) is 0 Å². The van der Waals surface area contributed by atoms with Crippen LogP contribution in [0.3, 0.4) is 0 Å². The summed E-state index contributed by atoms with van der Waals surface area (Å²) in [5.41, 5.74) is -0.494. The highest BCUT2D eigenvalue weighted by atomic mass is 79.9. The number of benzene rings is 1. The molecule has 0 amide bonds. The minimum absolute atomic E-state index is 0.103. The fraction of sp³-hybridized carbons (Fsp3) is 0.500. The summed E-state index contributed by atoms with van der Waals surface area (Å²) in [7, 11) is -3.85. The van der Waals surface area contributed by atoms with E-state index in [0.29, 0.717) is 17.6 Å². The quantitative estimate of drug-likeness (QED) is 0.611. The van der Waals surface area contributed by atoms with Gasteiger partial charge in [0, 0.05) is 23.6 Å². The van der Waals surface area contributed by atoms with Gasteiger partial charge in [-0.05, 0) is 24.0 Å². The van der Waals surface area contributed by atoms with E-state index >= 15 is 0 Å². The first kappa shape index (κ1) is 15.4. The monoisotopic (exact) mass is 362 g/mol. The molecule has 1 aromatic rings. The number of nitro benzene ring substituents is 1. The molecule has 0 N–H and O–H groups in total. The van der Waals surface area contributed by atoms with Crippen LogP contribution >= 0.6 is 15.9 Å². The molecule has 1 heterocycles. The van der Waals surface area contributed by atoms with Gasteiger partial charge in [-0.2, -0.15) is 4.31 Å². The van der Waals surface area contributed by atoms with Crippen molar-refractivity contribution in [1.82, 2.24) is 4.31 Å². The summed E-state index contributed by atoms with van der Waals surface area (Å²) in [6.45, 7) is 4.73. The first-order valence-electron chi connectivity index (χ1n) is 6.08. The maximum absolute atomic E-state index is 12.6. The lowest BCUT2D eigenvalue weighted by atomic mass is 9.93. The van der Waals surface area contributed by atoms with E-state index in [0.717, 1.165) is 6.42 Å². The van der Waals surface area contributed by atoms with Gasteiger partial charge in [-0.25, -0.2) is 8.42 Å². The molecule has 0 radical (unpaired) electrons. The Morgan fingerprint density at radius 3 is 2.55 bits per heavy atom. The average Bonchev–Trinajstić information content (AvgIpc) is 2.70.